The first kappa shape index (κ1) is 19.8. The third kappa shape index (κ3) is 5.28. The number of piperazine rings is 2. The van der Waals surface area contributed by atoms with Crippen molar-refractivity contribution in [2.75, 3.05) is 52.4 Å². The van der Waals surface area contributed by atoms with E-state index in [0.29, 0.717) is 32.7 Å². The smallest absolute Gasteiger partial charge is 0.237 e. The lowest BCUT2D eigenvalue weighted by atomic mass is 10.1. The minimum absolute atomic E-state index is 0.0367. The summed E-state index contributed by atoms with van der Waals surface area (Å²) in [6.45, 7) is 7.76. The number of hydrogen-bond donors (Lipinski definition) is 2. The molecular weight excluding hydrogens is 344 g/mol. The van der Waals surface area contributed by atoms with Crippen LogP contribution in [-0.4, -0.2) is 90.1 Å². The lowest BCUT2D eigenvalue weighted by Gasteiger charge is -2.38. The minimum atomic E-state index is -0.414. The number of hydrogen-bond acceptors (Lipinski definition) is 5. The summed E-state index contributed by atoms with van der Waals surface area (Å²) in [5.74, 6) is -0.0183. The second-order valence-electron chi connectivity index (χ2n) is 7.41. The zero-order chi connectivity index (χ0) is 19.2. The van der Waals surface area contributed by atoms with Gasteiger partial charge in [-0.1, -0.05) is 29.8 Å². The molecule has 148 valence electrons. The number of rotatable bonds is 6. The molecule has 1 atom stereocenters. The molecular formula is C20H30N4O3. The van der Waals surface area contributed by atoms with Crippen LogP contribution in [0.4, 0.5) is 0 Å². The van der Waals surface area contributed by atoms with Crippen LogP contribution in [0.3, 0.4) is 0 Å². The maximum Gasteiger partial charge on any atom is 0.237 e. The zero-order valence-electron chi connectivity index (χ0n) is 16.1. The topological polar surface area (TPSA) is 76.1 Å². The molecule has 2 N–H and O–H groups in total. The number of aliphatic hydroxyl groups is 1. The van der Waals surface area contributed by atoms with Crippen LogP contribution in [0.2, 0.25) is 0 Å². The molecule has 7 heteroatoms. The van der Waals surface area contributed by atoms with Crippen LogP contribution in [0.25, 0.3) is 0 Å². The normalized spacial score (nSPS) is 21.9. The molecule has 27 heavy (non-hydrogen) atoms. The average Bonchev–Trinajstić information content (AvgIpc) is 2.67. The Morgan fingerprint density at radius 2 is 1.85 bits per heavy atom. The van der Waals surface area contributed by atoms with Gasteiger partial charge in [-0.3, -0.25) is 19.4 Å². The summed E-state index contributed by atoms with van der Waals surface area (Å²) >= 11 is 0. The fraction of sp³-hybridized carbons (Fsp3) is 0.600. The summed E-state index contributed by atoms with van der Waals surface area (Å²) in [5, 5.41) is 11.9. The zero-order valence-corrected chi connectivity index (χ0v) is 16.1. The number of β-amino-alcohol motifs (C(OH)–C–C–N with tert-alkyl or cyclic N) is 1. The van der Waals surface area contributed by atoms with Crippen LogP contribution < -0.4 is 5.32 Å². The fourth-order valence-electron chi connectivity index (χ4n) is 3.76. The van der Waals surface area contributed by atoms with Gasteiger partial charge in [-0.25, -0.2) is 0 Å². The Morgan fingerprint density at radius 3 is 2.52 bits per heavy atom. The van der Waals surface area contributed by atoms with Crippen LogP contribution in [-0.2, 0) is 16.1 Å². The maximum atomic E-state index is 12.8. The van der Waals surface area contributed by atoms with Crippen LogP contribution in [0.1, 0.15) is 17.5 Å². The first-order valence-electron chi connectivity index (χ1n) is 9.75. The first-order chi connectivity index (χ1) is 13.1. The van der Waals surface area contributed by atoms with Gasteiger partial charge in [0.2, 0.25) is 11.8 Å². The van der Waals surface area contributed by atoms with Crippen molar-refractivity contribution in [2.45, 2.75) is 25.9 Å². The van der Waals surface area contributed by atoms with Gasteiger partial charge in [-0.2, -0.15) is 0 Å². The van der Waals surface area contributed by atoms with Crippen molar-refractivity contribution in [3.8, 4) is 0 Å². The van der Waals surface area contributed by atoms with E-state index < -0.39 is 6.04 Å². The van der Waals surface area contributed by atoms with Crippen molar-refractivity contribution in [3.05, 3.63) is 35.4 Å². The van der Waals surface area contributed by atoms with Crippen LogP contribution in [0, 0.1) is 6.92 Å². The molecule has 2 aliphatic heterocycles. The number of carbonyl (C=O) groups excluding carboxylic acids is 2. The minimum Gasteiger partial charge on any atom is -0.395 e. The van der Waals surface area contributed by atoms with Gasteiger partial charge in [-0.05, 0) is 12.5 Å². The standard InChI is InChI=1S/C20H30N4O3/c1-16-2-4-17(5-3-16)15-24-7-6-21-20(27)18(24)14-19(26)23-10-8-22(9-11-23)12-13-25/h2-5,18,25H,6-15H2,1H3,(H,21,27). The summed E-state index contributed by atoms with van der Waals surface area (Å²) in [4.78, 5) is 31.3. The molecule has 0 saturated carbocycles. The number of aryl methyl sites for hydroxylation is 1. The van der Waals surface area contributed by atoms with E-state index in [0.717, 1.165) is 25.2 Å². The second-order valence-corrected chi connectivity index (χ2v) is 7.41. The molecule has 2 aliphatic rings. The summed E-state index contributed by atoms with van der Waals surface area (Å²) in [7, 11) is 0. The van der Waals surface area contributed by atoms with E-state index in [9.17, 15) is 9.59 Å². The lowest BCUT2D eigenvalue weighted by molar-refractivity contribution is -0.140. The van der Waals surface area contributed by atoms with E-state index in [1.54, 1.807) is 0 Å². The maximum absolute atomic E-state index is 12.8. The third-order valence-electron chi connectivity index (χ3n) is 5.46. The molecule has 7 nitrogen and oxygen atoms in total. The predicted octanol–water partition coefficient (Wildman–Crippen LogP) is -0.178. The molecule has 0 spiro atoms. The van der Waals surface area contributed by atoms with Crippen LogP contribution >= 0.6 is 0 Å². The Bertz CT molecular complexity index is 641. The second kappa shape index (κ2) is 9.30. The molecule has 0 radical (unpaired) electrons. The number of amides is 2. The van der Waals surface area contributed by atoms with Gasteiger partial charge in [0.1, 0.15) is 0 Å². The number of carbonyl (C=O) groups is 2. The van der Waals surface area contributed by atoms with Gasteiger partial charge >= 0.3 is 0 Å². The van der Waals surface area contributed by atoms with Crippen molar-refractivity contribution in [2.24, 2.45) is 0 Å². The summed E-state index contributed by atoms with van der Waals surface area (Å²) in [6, 6.07) is 7.90. The fourth-order valence-corrected chi connectivity index (χ4v) is 3.76. The Hall–Kier alpha value is -1.96. The highest BCUT2D eigenvalue weighted by Crippen LogP contribution is 2.16. The highest BCUT2D eigenvalue weighted by Gasteiger charge is 2.33. The SMILES string of the molecule is Cc1ccc(CN2CCNC(=O)C2CC(=O)N2CCN(CCO)CC2)cc1. The number of nitrogens with zero attached hydrogens (tertiary/aromatic N) is 3. The van der Waals surface area contributed by atoms with E-state index in [4.69, 9.17) is 5.11 Å². The van der Waals surface area contributed by atoms with Gasteiger partial charge < -0.3 is 15.3 Å². The molecule has 2 saturated heterocycles. The molecule has 2 heterocycles. The quantitative estimate of drug-likeness (QED) is 0.723. The Balaban J connectivity index is 1.59. The van der Waals surface area contributed by atoms with E-state index >= 15 is 0 Å². The lowest BCUT2D eigenvalue weighted by Crippen LogP contribution is -2.57. The summed E-state index contributed by atoms with van der Waals surface area (Å²) < 4.78 is 0. The molecule has 2 fully saturated rings. The van der Waals surface area contributed by atoms with Crippen molar-refractivity contribution in [3.63, 3.8) is 0 Å². The van der Waals surface area contributed by atoms with Crippen molar-refractivity contribution in [1.82, 2.24) is 20.0 Å². The van der Waals surface area contributed by atoms with Gasteiger partial charge in [0.15, 0.2) is 0 Å². The number of benzene rings is 1. The van der Waals surface area contributed by atoms with Crippen LogP contribution in [0.15, 0.2) is 24.3 Å². The summed E-state index contributed by atoms with van der Waals surface area (Å²) in [5.41, 5.74) is 2.37. The average molecular weight is 374 g/mol. The molecule has 0 aliphatic carbocycles. The van der Waals surface area contributed by atoms with Gasteiger partial charge in [0.05, 0.1) is 19.1 Å². The van der Waals surface area contributed by atoms with Crippen LogP contribution in [0.5, 0.6) is 0 Å². The molecule has 1 aromatic rings. The molecule has 1 unspecified atom stereocenters. The summed E-state index contributed by atoms with van der Waals surface area (Å²) in [6.07, 6.45) is 0.220. The van der Waals surface area contributed by atoms with E-state index in [-0.39, 0.29) is 24.8 Å². The Labute approximate surface area is 160 Å². The first-order valence-corrected chi connectivity index (χ1v) is 9.75. The van der Waals surface area contributed by atoms with Gasteiger partial charge in [0.25, 0.3) is 0 Å². The molecule has 1 aromatic carbocycles. The number of nitrogens with one attached hydrogen (secondary N) is 1. The van der Waals surface area contributed by atoms with Crippen molar-refractivity contribution in [1.29, 1.82) is 0 Å². The predicted molar refractivity (Wildman–Crippen MR) is 103 cm³/mol. The monoisotopic (exact) mass is 374 g/mol. The third-order valence-corrected chi connectivity index (χ3v) is 5.46. The molecule has 0 bridgehead atoms. The molecule has 2 amide bonds. The highest BCUT2D eigenvalue weighted by molar-refractivity contribution is 5.88. The van der Waals surface area contributed by atoms with E-state index in [2.05, 4.69) is 46.3 Å². The highest BCUT2D eigenvalue weighted by atomic mass is 16.3. The number of aliphatic hydroxyl groups excluding tert-OH is 1. The molecule has 0 aromatic heterocycles. The van der Waals surface area contributed by atoms with E-state index in [1.165, 1.54) is 5.56 Å². The largest absolute Gasteiger partial charge is 0.395 e. The Morgan fingerprint density at radius 1 is 1.15 bits per heavy atom. The van der Waals surface area contributed by atoms with Crippen molar-refractivity contribution < 1.29 is 14.7 Å². The Kier molecular flexibility index (Phi) is 6.82. The van der Waals surface area contributed by atoms with Gasteiger partial charge in [-0.15, -0.1) is 0 Å². The van der Waals surface area contributed by atoms with Crippen molar-refractivity contribution >= 4 is 11.8 Å². The van der Waals surface area contributed by atoms with E-state index in [1.807, 2.05) is 4.90 Å². The van der Waals surface area contributed by atoms with Gasteiger partial charge in [0, 0.05) is 52.4 Å². The molecule has 3 rings (SSSR count).